The molecule has 0 amide bonds. The van der Waals surface area contributed by atoms with Crippen LogP contribution < -0.4 is 0 Å². The standard InChI is InChI=1S/C18H15ClN2O2S.2CH3F/c1-12-3-4-14(10-20-12)18-17(9-15(19)11-21-18)13-5-7-16(8-6-13)24(2,22)23;2*1-2/h3-11H,1-2H3;2*1H3. The Bertz CT molecular complexity index is 994. The summed E-state index contributed by atoms with van der Waals surface area (Å²) < 4.78 is 42.2. The van der Waals surface area contributed by atoms with Crippen LogP contribution in [0, 0.1) is 6.92 Å². The summed E-state index contributed by atoms with van der Waals surface area (Å²) in [6, 6.07) is 12.4. The van der Waals surface area contributed by atoms with Crippen molar-refractivity contribution in [1.29, 1.82) is 0 Å². The fraction of sp³-hybridized carbons (Fsp3) is 0.200. The number of aromatic nitrogens is 2. The molecular formula is C20H21ClF2N2O2S. The van der Waals surface area contributed by atoms with Gasteiger partial charge in [0.1, 0.15) is 0 Å². The Kier molecular flexibility index (Phi) is 9.15. The highest BCUT2D eigenvalue weighted by Crippen LogP contribution is 2.32. The molecule has 0 N–H and O–H groups in total. The molecule has 0 saturated carbocycles. The van der Waals surface area contributed by atoms with Crippen molar-refractivity contribution in [2.45, 2.75) is 11.8 Å². The van der Waals surface area contributed by atoms with Gasteiger partial charge in [-0.05, 0) is 42.8 Å². The third kappa shape index (κ3) is 6.07. The molecule has 4 nitrogen and oxygen atoms in total. The van der Waals surface area contributed by atoms with Crippen molar-refractivity contribution in [2.75, 3.05) is 20.6 Å². The van der Waals surface area contributed by atoms with Crippen molar-refractivity contribution in [3.8, 4) is 22.4 Å². The topological polar surface area (TPSA) is 59.9 Å². The number of rotatable bonds is 3. The first-order valence-electron chi connectivity index (χ1n) is 7.99. The molecule has 150 valence electrons. The zero-order chi connectivity index (χ0) is 21.3. The molecule has 0 bridgehead atoms. The van der Waals surface area contributed by atoms with Gasteiger partial charge in [0.25, 0.3) is 0 Å². The molecule has 0 fully saturated rings. The monoisotopic (exact) mass is 426 g/mol. The second-order valence-electron chi connectivity index (χ2n) is 5.53. The first kappa shape index (κ1) is 23.7. The number of halogens is 3. The molecule has 3 aromatic rings. The van der Waals surface area contributed by atoms with E-state index in [1.54, 1.807) is 36.7 Å². The van der Waals surface area contributed by atoms with Crippen LogP contribution in [-0.2, 0) is 9.84 Å². The Morgan fingerprint density at radius 3 is 1.93 bits per heavy atom. The number of hydrogen-bond acceptors (Lipinski definition) is 4. The van der Waals surface area contributed by atoms with Gasteiger partial charge in [-0.1, -0.05) is 23.7 Å². The van der Waals surface area contributed by atoms with Crippen LogP contribution in [0.25, 0.3) is 22.4 Å². The maximum Gasteiger partial charge on any atom is 0.175 e. The minimum absolute atomic E-state index is 0.278. The van der Waals surface area contributed by atoms with Crippen molar-refractivity contribution in [3.05, 3.63) is 65.6 Å². The van der Waals surface area contributed by atoms with Gasteiger partial charge in [-0.3, -0.25) is 18.7 Å². The van der Waals surface area contributed by atoms with Crippen LogP contribution >= 0.6 is 11.6 Å². The highest BCUT2D eigenvalue weighted by atomic mass is 35.5. The molecule has 28 heavy (non-hydrogen) atoms. The number of nitrogens with zero attached hydrogens (tertiary/aromatic N) is 2. The lowest BCUT2D eigenvalue weighted by Gasteiger charge is -2.10. The first-order valence-corrected chi connectivity index (χ1v) is 10.3. The van der Waals surface area contributed by atoms with Gasteiger partial charge in [-0.2, -0.15) is 0 Å². The van der Waals surface area contributed by atoms with Crippen LogP contribution in [-0.4, -0.2) is 39.0 Å². The van der Waals surface area contributed by atoms with E-state index < -0.39 is 9.84 Å². The van der Waals surface area contributed by atoms with Gasteiger partial charge >= 0.3 is 0 Å². The van der Waals surface area contributed by atoms with Crippen LogP contribution in [0.1, 0.15) is 5.69 Å². The number of benzene rings is 1. The van der Waals surface area contributed by atoms with E-state index in [0.717, 1.165) is 28.1 Å². The van der Waals surface area contributed by atoms with E-state index in [2.05, 4.69) is 9.97 Å². The summed E-state index contributed by atoms with van der Waals surface area (Å²) in [4.78, 5) is 9.02. The number of pyridine rings is 2. The molecule has 2 aromatic heterocycles. The normalized spacial score (nSPS) is 10.2. The second-order valence-corrected chi connectivity index (χ2v) is 7.99. The van der Waals surface area contributed by atoms with Gasteiger partial charge in [0, 0.05) is 35.5 Å². The highest BCUT2D eigenvalue weighted by Gasteiger charge is 2.12. The van der Waals surface area contributed by atoms with Crippen molar-refractivity contribution in [2.24, 2.45) is 0 Å². The number of alkyl halides is 2. The lowest BCUT2D eigenvalue weighted by molar-refractivity contribution is 0.602. The second kappa shape index (κ2) is 10.8. The zero-order valence-corrected chi connectivity index (χ0v) is 17.5. The molecule has 0 radical (unpaired) electrons. The summed E-state index contributed by atoms with van der Waals surface area (Å²) in [6.07, 6.45) is 4.54. The van der Waals surface area contributed by atoms with Crippen molar-refractivity contribution in [3.63, 3.8) is 0 Å². The van der Waals surface area contributed by atoms with Gasteiger partial charge in [-0.15, -0.1) is 0 Å². The lowest BCUT2D eigenvalue weighted by Crippen LogP contribution is -1.97. The van der Waals surface area contributed by atoms with Crippen LogP contribution in [0.3, 0.4) is 0 Å². The Hall–Kier alpha value is -2.38. The molecule has 0 spiro atoms. The van der Waals surface area contributed by atoms with E-state index in [1.165, 1.54) is 6.26 Å². The SMILES string of the molecule is CF.CF.Cc1ccc(-c2ncc(Cl)cc2-c2ccc(S(C)(=O)=O)cc2)cn1. The smallest absolute Gasteiger partial charge is 0.175 e. The average Bonchev–Trinajstić information content (AvgIpc) is 2.71. The summed E-state index contributed by atoms with van der Waals surface area (Å²) in [7, 11) is -2.23. The van der Waals surface area contributed by atoms with E-state index in [4.69, 9.17) is 11.6 Å². The molecule has 0 aliphatic carbocycles. The Morgan fingerprint density at radius 1 is 0.857 bits per heavy atom. The van der Waals surface area contributed by atoms with E-state index in [1.807, 2.05) is 25.1 Å². The lowest BCUT2D eigenvalue weighted by atomic mass is 10.0. The molecule has 2 heterocycles. The van der Waals surface area contributed by atoms with E-state index in [0.29, 0.717) is 19.4 Å². The van der Waals surface area contributed by atoms with Crippen LogP contribution in [0.15, 0.2) is 59.8 Å². The highest BCUT2D eigenvalue weighted by molar-refractivity contribution is 7.90. The van der Waals surface area contributed by atoms with Crippen LogP contribution in [0.2, 0.25) is 5.02 Å². The summed E-state index contributed by atoms with van der Waals surface area (Å²) >= 11 is 6.11. The molecule has 0 saturated heterocycles. The number of hydrogen-bond donors (Lipinski definition) is 0. The minimum Gasteiger partial charge on any atom is -0.261 e. The minimum atomic E-state index is -3.23. The van der Waals surface area contributed by atoms with E-state index >= 15 is 0 Å². The molecule has 0 aliphatic rings. The van der Waals surface area contributed by atoms with Gasteiger partial charge in [-0.25, -0.2) is 8.42 Å². The predicted octanol–water partition coefficient (Wildman–Crippen LogP) is 5.35. The van der Waals surface area contributed by atoms with Gasteiger partial charge in [0.05, 0.1) is 30.0 Å². The van der Waals surface area contributed by atoms with E-state index in [-0.39, 0.29) is 4.90 Å². The number of aryl methyl sites for hydroxylation is 1. The predicted molar refractivity (Wildman–Crippen MR) is 110 cm³/mol. The third-order valence-electron chi connectivity index (χ3n) is 3.63. The average molecular weight is 427 g/mol. The summed E-state index contributed by atoms with van der Waals surface area (Å²) in [5.74, 6) is 0. The molecular weight excluding hydrogens is 406 g/mol. The van der Waals surface area contributed by atoms with E-state index in [9.17, 15) is 17.2 Å². The third-order valence-corrected chi connectivity index (χ3v) is 4.97. The molecule has 8 heteroatoms. The zero-order valence-electron chi connectivity index (χ0n) is 15.9. The van der Waals surface area contributed by atoms with Crippen LogP contribution in [0.5, 0.6) is 0 Å². The summed E-state index contributed by atoms with van der Waals surface area (Å²) in [6.45, 7) is 1.92. The summed E-state index contributed by atoms with van der Waals surface area (Å²) in [5, 5.41) is 0.515. The maximum atomic E-state index is 11.6. The Balaban J connectivity index is 0.000000921. The fourth-order valence-electron chi connectivity index (χ4n) is 2.38. The molecule has 0 atom stereocenters. The van der Waals surface area contributed by atoms with Gasteiger partial charge < -0.3 is 0 Å². The van der Waals surface area contributed by atoms with Gasteiger partial charge in [0.2, 0.25) is 0 Å². The van der Waals surface area contributed by atoms with Crippen LogP contribution in [0.4, 0.5) is 8.78 Å². The van der Waals surface area contributed by atoms with Crippen molar-refractivity contribution in [1.82, 2.24) is 9.97 Å². The van der Waals surface area contributed by atoms with Crippen molar-refractivity contribution >= 4 is 21.4 Å². The number of sulfone groups is 1. The van der Waals surface area contributed by atoms with Crippen molar-refractivity contribution < 1.29 is 17.2 Å². The first-order chi connectivity index (χ1) is 13.3. The largest absolute Gasteiger partial charge is 0.261 e. The molecule has 1 aromatic carbocycles. The molecule has 0 unspecified atom stereocenters. The maximum absolute atomic E-state index is 11.6. The fourth-order valence-corrected chi connectivity index (χ4v) is 3.17. The summed E-state index contributed by atoms with van der Waals surface area (Å²) in [5.41, 5.74) is 4.21. The molecule has 0 aliphatic heterocycles. The quantitative estimate of drug-likeness (QED) is 0.566. The Labute approximate surface area is 169 Å². The molecule has 3 rings (SSSR count). The van der Waals surface area contributed by atoms with Gasteiger partial charge in [0.15, 0.2) is 9.84 Å². The Morgan fingerprint density at radius 2 is 1.43 bits per heavy atom.